The first-order chi connectivity index (χ1) is 11.2. The van der Waals surface area contributed by atoms with Crippen LogP contribution < -0.4 is 14.8 Å². The zero-order valence-electron chi connectivity index (χ0n) is 13.7. The lowest BCUT2D eigenvalue weighted by atomic mass is 10.2. The van der Waals surface area contributed by atoms with Gasteiger partial charge in [0.05, 0.1) is 20.3 Å². The zero-order valence-corrected chi connectivity index (χ0v) is 13.7. The molecule has 0 saturated carbocycles. The Bertz CT molecular complexity index is 591. The van der Waals surface area contributed by atoms with Crippen LogP contribution in [0.5, 0.6) is 11.5 Å². The summed E-state index contributed by atoms with van der Waals surface area (Å²) in [5.74, 6) is 0.703. The molecule has 1 aromatic carbocycles. The van der Waals surface area contributed by atoms with Crippen LogP contribution in [0.1, 0.15) is 25.8 Å². The van der Waals surface area contributed by atoms with Gasteiger partial charge in [-0.05, 0) is 31.0 Å². The molecule has 0 amide bonds. The lowest BCUT2D eigenvalue weighted by molar-refractivity contribution is -0.138. The van der Waals surface area contributed by atoms with Crippen LogP contribution in [0.25, 0.3) is 0 Å². The van der Waals surface area contributed by atoms with E-state index in [2.05, 4.69) is 5.32 Å². The number of methoxy groups -OCH3 is 1. The van der Waals surface area contributed by atoms with Crippen molar-refractivity contribution in [2.24, 2.45) is 0 Å². The van der Waals surface area contributed by atoms with E-state index < -0.39 is 5.97 Å². The predicted octanol–water partition coefficient (Wildman–Crippen LogP) is 2.54. The number of benzene rings is 1. The van der Waals surface area contributed by atoms with Gasteiger partial charge in [-0.25, -0.2) is 4.79 Å². The molecule has 0 aromatic heterocycles. The summed E-state index contributed by atoms with van der Waals surface area (Å²) in [7, 11) is 1.58. The molecule has 0 atom stereocenters. The number of hydrogen-bond donors (Lipinski definition) is 1. The predicted molar refractivity (Wildman–Crippen MR) is 85.9 cm³/mol. The van der Waals surface area contributed by atoms with E-state index in [1.165, 1.54) is 6.20 Å². The normalized spacial score (nSPS) is 10.6. The van der Waals surface area contributed by atoms with E-state index in [-0.39, 0.29) is 12.2 Å². The molecule has 0 aliphatic carbocycles. The van der Waals surface area contributed by atoms with Crippen LogP contribution in [-0.4, -0.2) is 26.3 Å². The molecule has 6 nitrogen and oxygen atoms in total. The summed E-state index contributed by atoms with van der Waals surface area (Å²) < 4.78 is 15.7. The Morgan fingerprint density at radius 3 is 2.74 bits per heavy atom. The second kappa shape index (κ2) is 10.1. The van der Waals surface area contributed by atoms with Gasteiger partial charge in [-0.1, -0.05) is 13.0 Å². The van der Waals surface area contributed by atoms with Crippen LogP contribution in [0.15, 0.2) is 30.0 Å². The molecule has 23 heavy (non-hydrogen) atoms. The molecule has 124 valence electrons. The van der Waals surface area contributed by atoms with E-state index in [0.717, 1.165) is 12.0 Å². The van der Waals surface area contributed by atoms with Crippen molar-refractivity contribution in [3.8, 4) is 17.6 Å². The van der Waals surface area contributed by atoms with Gasteiger partial charge in [0.2, 0.25) is 0 Å². The fraction of sp³-hybridized carbons (Fsp3) is 0.412. The van der Waals surface area contributed by atoms with Gasteiger partial charge in [-0.3, -0.25) is 0 Å². The molecular weight excluding hydrogens is 296 g/mol. The summed E-state index contributed by atoms with van der Waals surface area (Å²) in [6.45, 7) is 5.02. The van der Waals surface area contributed by atoms with Gasteiger partial charge in [-0.15, -0.1) is 0 Å². The van der Waals surface area contributed by atoms with E-state index in [9.17, 15) is 4.79 Å². The molecule has 0 fully saturated rings. The van der Waals surface area contributed by atoms with Crippen molar-refractivity contribution < 1.29 is 19.0 Å². The van der Waals surface area contributed by atoms with Gasteiger partial charge in [-0.2, -0.15) is 5.26 Å². The fourth-order valence-electron chi connectivity index (χ4n) is 1.77. The smallest absolute Gasteiger partial charge is 0.350 e. The number of hydrogen-bond acceptors (Lipinski definition) is 6. The fourth-order valence-corrected chi connectivity index (χ4v) is 1.77. The number of nitrogens with zero attached hydrogens (tertiary/aromatic N) is 1. The van der Waals surface area contributed by atoms with Gasteiger partial charge >= 0.3 is 5.97 Å². The van der Waals surface area contributed by atoms with Gasteiger partial charge in [0.25, 0.3) is 0 Å². The third-order valence-electron chi connectivity index (χ3n) is 2.86. The van der Waals surface area contributed by atoms with Gasteiger partial charge < -0.3 is 19.5 Å². The molecular formula is C17H22N2O4. The first-order valence-corrected chi connectivity index (χ1v) is 7.46. The van der Waals surface area contributed by atoms with E-state index in [1.807, 2.05) is 31.2 Å². The Labute approximate surface area is 136 Å². The summed E-state index contributed by atoms with van der Waals surface area (Å²) in [5, 5.41) is 11.8. The molecule has 0 spiro atoms. The summed E-state index contributed by atoms with van der Waals surface area (Å²) in [6.07, 6.45) is 2.27. The highest BCUT2D eigenvalue weighted by Gasteiger charge is 2.09. The Kier molecular flexibility index (Phi) is 8.08. The standard InChI is InChI=1S/C17H22N2O4/c1-4-8-23-15-7-6-13(9-16(15)21-3)11-19-12-14(10-18)17(20)22-5-2/h6-7,9,12,19H,4-5,8,11H2,1-3H3/b14-12-. The Hall–Kier alpha value is -2.68. The topological polar surface area (TPSA) is 80.6 Å². The molecule has 1 rings (SSSR count). The minimum Gasteiger partial charge on any atom is -0.493 e. The van der Waals surface area contributed by atoms with Crippen LogP contribution >= 0.6 is 0 Å². The van der Waals surface area contributed by atoms with Crippen molar-refractivity contribution in [1.29, 1.82) is 5.26 Å². The molecule has 0 aliphatic heterocycles. The molecule has 0 unspecified atom stereocenters. The minimum atomic E-state index is -0.636. The first kappa shape index (κ1) is 18.4. The van der Waals surface area contributed by atoms with E-state index in [4.69, 9.17) is 19.5 Å². The molecule has 0 radical (unpaired) electrons. The van der Waals surface area contributed by atoms with Gasteiger partial charge in [0, 0.05) is 12.7 Å². The lowest BCUT2D eigenvalue weighted by Gasteiger charge is -2.11. The highest BCUT2D eigenvalue weighted by Crippen LogP contribution is 2.28. The van der Waals surface area contributed by atoms with E-state index >= 15 is 0 Å². The highest BCUT2D eigenvalue weighted by atomic mass is 16.5. The summed E-state index contributed by atoms with van der Waals surface area (Å²) >= 11 is 0. The number of ether oxygens (including phenoxy) is 3. The number of rotatable bonds is 9. The Balaban J connectivity index is 2.71. The van der Waals surface area contributed by atoms with Crippen molar-refractivity contribution in [3.05, 3.63) is 35.5 Å². The van der Waals surface area contributed by atoms with Gasteiger partial charge in [0.15, 0.2) is 17.1 Å². The van der Waals surface area contributed by atoms with E-state index in [1.54, 1.807) is 14.0 Å². The maximum absolute atomic E-state index is 11.5. The minimum absolute atomic E-state index is 0.0679. The average molecular weight is 318 g/mol. The van der Waals surface area contributed by atoms with Crippen LogP contribution in [-0.2, 0) is 16.1 Å². The Morgan fingerprint density at radius 1 is 1.35 bits per heavy atom. The van der Waals surface area contributed by atoms with Crippen LogP contribution in [0.3, 0.4) is 0 Å². The quantitative estimate of drug-likeness (QED) is 0.428. The SMILES string of the molecule is CCCOc1ccc(CN/C=C(/C#N)C(=O)OCC)cc1OC. The molecule has 6 heteroatoms. The van der Waals surface area contributed by atoms with Crippen molar-refractivity contribution in [1.82, 2.24) is 5.32 Å². The summed E-state index contributed by atoms with van der Waals surface area (Å²) in [6, 6.07) is 7.39. The average Bonchev–Trinajstić information content (AvgIpc) is 2.57. The lowest BCUT2D eigenvalue weighted by Crippen LogP contribution is -2.12. The second-order valence-electron chi connectivity index (χ2n) is 4.60. The molecule has 0 saturated heterocycles. The van der Waals surface area contributed by atoms with Crippen LogP contribution in [0, 0.1) is 11.3 Å². The van der Waals surface area contributed by atoms with Crippen LogP contribution in [0.2, 0.25) is 0 Å². The number of carbonyl (C=O) groups is 1. The third kappa shape index (κ3) is 5.91. The van der Waals surface area contributed by atoms with Crippen molar-refractivity contribution in [2.45, 2.75) is 26.8 Å². The van der Waals surface area contributed by atoms with Crippen molar-refractivity contribution in [2.75, 3.05) is 20.3 Å². The zero-order chi connectivity index (χ0) is 17.1. The second-order valence-corrected chi connectivity index (χ2v) is 4.60. The van der Waals surface area contributed by atoms with E-state index in [0.29, 0.717) is 24.7 Å². The first-order valence-electron chi connectivity index (χ1n) is 7.46. The summed E-state index contributed by atoms with van der Waals surface area (Å²) in [5.41, 5.74) is 0.866. The Morgan fingerprint density at radius 2 is 2.13 bits per heavy atom. The number of nitrogens with one attached hydrogen (secondary N) is 1. The molecule has 1 N–H and O–H groups in total. The number of esters is 1. The van der Waals surface area contributed by atoms with Crippen LogP contribution in [0.4, 0.5) is 0 Å². The number of carbonyl (C=O) groups excluding carboxylic acids is 1. The molecule has 0 aliphatic rings. The number of nitriles is 1. The maximum Gasteiger partial charge on any atom is 0.350 e. The maximum atomic E-state index is 11.5. The molecule has 1 aromatic rings. The third-order valence-corrected chi connectivity index (χ3v) is 2.86. The summed E-state index contributed by atoms with van der Waals surface area (Å²) in [4.78, 5) is 11.5. The van der Waals surface area contributed by atoms with Crippen molar-refractivity contribution >= 4 is 5.97 Å². The largest absolute Gasteiger partial charge is 0.493 e. The monoisotopic (exact) mass is 318 g/mol. The molecule has 0 heterocycles. The highest BCUT2D eigenvalue weighted by molar-refractivity contribution is 5.92. The van der Waals surface area contributed by atoms with Gasteiger partial charge in [0.1, 0.15) is 6.07 Å². The molecule has 0 bridgehead atoms. The van der Waals surface area contributed by atoms with Crippen molar-refractivity contribution in [3.63, 3.8) is 0 Å².